The minimum absolute atomic E-state index is 0.0715. The molecule has 3 heterocycles. The summed E-state index contributed by atoms with van der Waals surface area (Å²) < 4.78 is 1.94. The molecule has 8 heteroatoms. The topological polar surface area (TPSA) is 88.5 Å². The Labute approximate surface area is 156 Å². The lowest BCUT2D eigenvalue weighted by atomic mass is 10.1. The molecule has 0 aliphatic heterocycles. The number of hydrogen-bond donors (Lipinski definition) is 2. The Morgan fingerprint density at radius 3 is 2.69 bits per heavy atom. The van der Waals surface area contributed by atoms with Crippen molar-refractivity contribution in [1.82, 2.24) is 24.5 Å². The van der Waals surface area contributed by atoms with Gasteiger partial charge in [0.25, 0.3) is 5.56 Å². The highest BCUT2D eigenvalue weighted by molar-refractivity contribution is 6.28. The zero-order chi connectivity index (χ0) is 18.8. The summed E-state index contributed by atoms with van der Waals surface area (Å²) in [7, 11) is 0. The van der Waals surface area contributed by atoms with Crippen LogP contribution in [0.4, 0.5) is 5.82 Å². The number of aryl methyl sites for hydroxylation is 2. The molecule has 3 aromatic heterocycles. The minimum atomic E-state index is -0.0715. The Kier molecular flexibility index (Phi) is 5.27. The molecule has 0 atom stereocenters. The van der Waals surface area contributed by atoms with E-state index in [-0.39, 0.29) is 16.9 Å². The van der Waals surface area contributed by atoms with E-state index in [1.807, 2.05) is 32.3 Å². The molecule has 3 rings (SSSR count). The number of pyridine rings is 1. The Hall–Kier alpha value is -2.41. The molecule has 7 nitrogen and oxygen atoms in total. The number of nitrogens with one attached hydrogen (secondary N) is 2. The van der Waals surface area contributed by atoms with Gasteiger partial charge in [0.1, 0.15) is 0 Å². The van der Waals surface area contributed by atoms with Gasteiger partial charge in [-0.05, 0) is 49.9 Å². The summed E-state index contributed by atoms with van der Waals surface area (Å²) in [5.74, 6) is 0.528. The second-order valence-corrected chi connectivity index (χ2v) is 6.79. The van der Waals surface area contributed by atoms with Gasteiger partial charge in [-0.25, -0.2) is 4.98 Å². The molecule has 138 valence electrons. The van der Waals surface area contributed by atoms with E-state index in [0.717, 1.165) is 24.1 Å². The highest BCUT2D eigenvalue weighted by atomic mass is 35.5. The maximum atomic E-state index is 12.4. The van der Waals surface area contributed by atoms with Crippen LogP contribution in [0, 0.1) is 0 Å². The number of aromatic nitrogens is 5. The van der Waals surface area contributed by atoms with Gasteiger partial charge in [0, 0.05) is 23.8 Å². The van der Waals surface area contributed by atoms with Crippen LogP contribution in [0.2, 0.25) is 5.28 Å². The number of rotatable bonds is 6. The van der Waals surface area contributed by atoms with Crippen molar-refractivity contribution in [2.45, 2.75) is 53.1 Å². The van der Waals surface area contributed by atoms with Gasteiger partial charge < -0.3 is 14.9 Å². The molecule has 0 unspecified atom stereocenters. The lowest BCUT2D eigenvalue weighted by Gasteiger charge is -2.12. The first-order valence-corrected chi connectivity index (χ1v) is 9.20. The van der Waals surface area contributed by atoms with Gasteiger partial charge in [-0.1, -0.05) is 13.8 Å². The van der Waals surface area contributed by atoms with E-state index in [9.17, 15) is 4.79 Å². The van der Waals surface area contributed by atoms with Crippen molar-refractivity contribution in [3.05, 3.63) is 44.9 Å². The van der Waals surface area contributed by atoms with Crippen molar-refractivity contribution >= 4 is 28.6 Å². The van der Waals surface area contributed by atoms with Gasteiger partial charge in [-0.2, -0.15) is 9.97 Å². The number of halogens is 1. The summed E-state index contributed by atoms with van der Waals surface area (Å²) in [6.45, 7) is 8.51. The number of imidazole rings is 1. The standard InChI is InChI=1S/C18H23ClN6O/c1-5-11-7-12(6-2)22-17(26)13(11)8-20-15-14-16(24-18(19)23-15)25(9-21-14)10(3)4/h7,9-10H,5-6,8H2,1-4H3,(H,22,26)(H,20,23,24). The summed E-state index contributed by atoms with van der Waals surface area (Å²) >= 11 is 6.10. The summed E-state index contributed by atoms with van der Waals surface area (Å²) in [4.78, 5) is 28.4. The molecular weight excluding hydrogens is 352 g/mol. The van der Waals surface area contributed by atoms with Crippen molar-refractivity contribution in [2.75, 3.05) is 5.32 Å². The van der Waals surface area contributed by atoms with Gasteiger partial charge in [0.2, 0.25) is 5.28 Å². The Balaban J connectivity index is 1.97. The lowest BCUT2D eigenvalue weighted by Crippen LogP contribution is -2.20. The first-order chi connectivity index (χ1) is 12.4. The number of hydrogen-bond acceptors (Lipinski definition) is 5. The lowest BCUT2D eigenvalue weighted by molar-refractivity contribution is 0.612. The molecular formula is C18H23ClN6O. The van der Waals surface area contributed by atoms with E-state index >= 15 is 0 Å². The second-order valence-electron chi connectivity index (χ2n) is 6.45. The molecule has 0 radical (unpaired) electrons. The fraction of sp³-hybridized carbons (Fsp3) is 0.444. The van der Waals surface area contributed by atoms with Gasteiger partial charge in [0.05, 0.1) is 6.33 Å². The van der Waals surface area contributed by atoms with Crippen LogP contribution in [0.1, 0.15) is 50.6 Å². The van der Waals surface area contributed by atoms with Crippen molar-refractivity contribution in [2.24, 2.45) is 0 Å². The third kappa shape index (κ3) is 3.44. The zero-order valence-corrected chi connectivity index (χ0v) is 16.2. The van der Waals surface area contributed by atoms with E-state index in [2.05, 4.69) is 31.3 Å². The third-order valence-corrected chi connectivity index (χ3v) is 4.60. The number of nitrogens with zero attached hydrogens (tertiary/aromatic N) is 4. The smallest absolute Gasteiger partial charge is 0.253 e. The Bertz CT molecular complexity index is 991. The van der Waals surface area contributed by atoms with E-state index in [4.69, 9.17) is 11.6 Å². The fourth-order valence-corrected chi connectivity index (χ4v) is 3.13. The normalized spacial score (nSPS) is 11.5. The van der Waals surface area contributed by atoms with Gasteiger partial charge in [-0.15, -0.1) is 0 Å². The molecule has 2 N–H and O–H groups in total. The van der Waals surface area contributed by atoms with Crippen LogP contribution < -0.4 is 10.9 Å². The highest BCUT2D eigenvalue weighted by Crippen LogP contribution is 2.23. The predicted octanol–water partition coefficient (Wildman–Crippen LogP) is 3.49. The van der Waals surface area contributed by atoms with Crippen LogP contribution >= 0.6 is 11.6 Å². The van der Waals surface area contributed by atoms with Crippen molar-refractivity contribution in [1.29, 1.82) is 0 Å². The summed E-state index contributed by atoms with van der Waals surface area (Å²) in [5, 5.41) is 3.37. The molecule has 0 spiro atoms. The molecule has 0 amide bonds. The van der Waals surface area contributed by atoms with Crippen LogP contribution in [0.5, 0.6) is 0 Å². The number of aromatic amines is 1. The molecule has 3 aromatic rings. The van der Waals surface area contributed by atoms with Gasteiger partial charge >= 0.3 is 0 Å². The van der Waals surface area contributed by atoms with Crippen LogP contribution in [0.15, 0.2) is 17.2 Å². The number of fused-ring (bicyclic) bond motifs is 1. The maximum Gasteiger partial charge on any atom is 0.253 e. The molecule has 0 aliphatic rings. The molecule has 0 aromatic carbocycles. The average molecular weight is 375 g/mol. The zero-order valence-electron chi connectivity index (χ0n) is 15.4. The first kappa shape index (κ1) is 18.4. The van der Waals surface area contributed by atoms with E-state index < -0.39 is 0 Å². The molecule has 0 bridgehead atoms. The molecule has 0 aliphatic carbocycles. The average Bonchev–Trinajstić information content (AvgIpc) is 3.03. The quantitative estimate of drug-likeness (QED) is 0.645. The highest BCUT2D eigenvalue weighted by Gasteiger charge is 2.15. The number of anilines is 1. The van der Waals surface area contributed by atoms with Crippen LogP contribution in [-0.2, 0) is 19.4 Å². The minimum Gasteiger partial charge on any atom is -0.364 e. The monoisotopic (exact) mass is 374 g/mol. The third-order valence-electron chi connectivity index (χ3n) is 4.43. The number of H-pyrrole nitrogens is 1. The van der Waals surface area contributed by atoms with E-state index in [0.29, 0.717) is 29.1 Å². The second kappa shape index (κ2) is 7.45. The summed E-state index contributed by atoms with van der Waals surface area (Å²) in [6, 6.07) is 2.25. The van der Waals surface area contributed by atoms with Crippen molar-refractivity contribution < 1.29 is 0 Å². The van der Waals surface area contributed by atoms with Gasteiger partial charge in [0.15, 0.2) is 17.0 Å². The van der Waals surface area contributed by atoms with E-state index in [1.165, 1.54) is 0 Å². The predicted molar refractivity (Wildman–Crippen MR) is 104 cm³/mol. The van der Waals surface area contributed by atoms with Crippen molar-refractivity contribution in [3.63, 3.8) is 0 Å². The summed E-state index contributed by atoms with van der Waals surface area (Å²) in [5.41, 5.74) is 3.92. The molecule has 0 saturated heterocycles. The Morgan fingerprint density at radius 2 is 2.04 bits per heavy atom. The van der Waals surface area contributed by atoms with Crippen LogP contribution in [0.25, 0.3) is 11.2 Å². The van der Waals surface area contributed by atoms with Crippen molar-refractivity contribution in [3.8, 4) is 0 Å². The van der Waals surface area contributed by atoms with E-state index in [1.54, 1.807) is 6.33 Å². The largest absolute Gasteiger partial charge is 0.364 e. The maximum absolute atomic E-state index is 12.4. The molecule has 26 heavy (non-hydrogen) atoms. The van der Waals surface area contributed by atoms with Crippen LogP contribution in [-0.4, -0.2) is 24.5 Å². The van der Waals surface area contributed by atoms with Gasteiger partial charge in [-0.3, -0.25) is 4.79 Å². The Morgan fingerprint density at radius 1 is 1.27 bits per heavy atom. The first-order valence-electron chi connectivity index (χ1n) is 8.82. The fourth-order valence-electron chi connectivity index (χ4n) is 2.96. The molecule has 0 saturated carbocycles. The van der Waals surface area contributed by atoms with Crippen LogP contribution in [0.3, 0.4) is 0 Å². The SMILES string of the molecule is CCc1cc(CC)c(CNc2nc(Cl)nc3c2ncn3C(C)C)c(=O)[nH]1. The summed E-state index contributed by atoms with van der Waals surface area (Å²) in [6.07, 6.45) is 3.31. The molecule has 0 fully saturated rings.